The Morgan fingerprint density at radius 2 is 1.46 bits per heavy atom. The molecule has 0 bridgehead atoms. The minimum Gasteiger partial charge on any atom is -0.367 e. The number of nitrogens with two attached hydrogens (primary N) is 1. The maximum Gasteiger partial charge on any atom is 0.255 e. The van der Waals surface area contributed by atoms with Gasteiger partial charge in [0.2, 0.25) is 5.24 Å². The second-order valence-corrected chi connectivity index (χ2v) is 6.56. The summed E-state index contributed by atoms with van der Waals surface area (Å²) in [6.07, 6.45) is 1.72. The number of methoxy groups -OCH3 is 1. The van der Waals surface area contributed by atoms with Crippen molar-refractivity contribution in [2.45, 2.75) is 38.2 Å². The summed E-state index contributed by atoms with van der Waals surface area (Å²) < 4.78 is 5.61. The second kappa shape index (κ2) is 8.47. The first-order valence-electron chi connectivity index (χ1n) is 8.63. The van der Waals surface area contributed by atoms with E-state index in [9.17, 15) is 9.59 Å². The van der Waals surface area contributed by atoms with Crippen molar-refractivity contribution in [1.29, 1.82) is 0 Å². The van der Waals surface area contributed by atoms with E-state index in [1.54, 1.807) is 24.3 Å². The minimum atomic E-state index is -1.68. The normalized spacial score (nSPS) is 14.5. The lowest BCUT2D eigenvalue weighted by atomic mass is 9.76. The van der Waals surface area contributed by atoms with Crippen molar-refractivity contribution in [2.24, 2.45) is 5.73 Å². The Bertz CT molecular complexity index is 771. The van der Waals surface area contributed by atoms with Gasteiger partial charge in [-0.2, -0.15) is 0 Å². The second-order valence-electron chi connectivity index (χ2n) is 6.19. The number of hydrogen-bond acceptors (Lipinski definition) is 3. The number of benzene rings is 2. The molecule has 2 aromatic carbocycles. The van der Waals surface area contributed by atoms with E-state index in [0.717, 1.165) is 24.0 Å². The van der Waals surface area contributed by atoms with Gasteiger partial charge in [0.1, 0.15) is 5.92 Å². The van der Waals surface area contributed by atoms with Crippen LogP contribution in [0.1, 0.15) is 42.0 Å². The molecule has 0 spiro atoms. The van der Waals surface area contributed by atoms with Gasteiger partial charge in [-0.15, -0.1) is 0 Å². The number of halogens is 1. The van der Waals surface area contributed by atoms with Gasteiger partial charge in [0.15, 0.2) is 5.60 Å². The first-order valence-corrected chi connectivity index (χ1v) is 9.01. The van der Waals surface area contributed by atoms with Crippen molar-refractivity contribution in [3.05, 3.63) is 70.8 Å². The zero-order valence-electron chi connectivity index (χ0n) is 15.3. The number of carbonyl (C=O) groups is 2. The summed E-state index contributed by atoms with van der Waals surface area (Å²) >= 11 is 5.94. The SMILES string of the molecule is CCc1ccc(C(C(=O)Cl)C(OC)(C(N)=O)c2ccc(CC)cc2)cc1. The molecule has 1 amide bonds. The predicted molar refractivity (Wildman–Crippen MR) is 103 cm³/mol. The average Bonchev–Trinajstić information content (AvgIpc) is 2.65. The molecule has 0 heterocycles. The Morgan fingerprint density at radius 3 is 1.81 bits per heavy atom. The zero-order valence-corrected chi connectivity index (χ0v) is 16.0. The maximum absolute atomic E-state index is 12.5. The van der Waals surface area contributed by atoms with Crippen LogP contribution in [0.25, 0.3) is 0 Å². The molecule has 0 aliphatic heterocycles. The van der Waals surface area contributed by atoms with Gasteiger partial charge in [0, 0.05) is 7.11 Å². The van der Waals surface area contributed by atoms with Crippen molar-refractivity contribution in [1.82, 2.24) is 0 Å². The molecule has 2 aromatic rings. The van der Waals surface area contributed by atoms with Gasteiger partial charge in [-0.1, -0.05) is 62.4 Å². The van der Waals surface area contributed by atoms with E-state index >= 15 is 0 Å². The van der Waals surface area contributed by atoms with Crippen LogP contribution in [0.2, 0.25) is 0 Å². The molecular weight excluding hydrogens is 350 g/mol. The molecule has 0 saturated heterocycles. The van der Waals surface area contributed by atoms with E-state index in [-0.39, 0.29) is 0 Å². The van der Waals surface area contributed by atoms with Crippen LogP contribution in [-0.2, 0) is 32.8 Å². The number of ether oxygens (including phenoxy) is 1. The molecule has 2 unspecified atom stereocenters. The summed E-state index contributed by atoms with van der Waals surface area (Å²) in [6.45, 7) is 4.07. The van der Waals surface area contributed by atoms with Crippen molar-refractivity contribution < 1.29 is 14.3 Å². The Labute approximate surface area is 159 Å². The van der Waals surface area contributed by atoms with Crippen LogP contribution >= 0.6 is 11.6 Å². The quantitative estimate of drug-likeness (QED) is 0.717. The van der Waals surface area contributed by atoms with Gasteiger partial charge in [-0.25, -0.2) is 0 Å². The molecule has 138 valence electrons. The fourth-order valence-electron chi connectivity index (χ4n) is 3.25. The maximum atomic E-state index is 12.5. The molecule has 5 heteroatoms. The van der Waals surface area contributed by atoms with Crippen molar-refractivity contribution in [3.63, 3.8) is 0 Å². The minimum absolute atomic E-state index is 0.503. The Balaban J connectivity index is 2.66. The third-order valence-corrected chi connectivity index (χ3v) is 5.05. The number of primary amides is 1. The summed E-state index contributed by atoms with van der Waals surface area (Å²) in [7, 11) is 1.37. The molecule has 2 rings (SSSR count). The van der Waals surface area contributed by atoms with Gasteiger partial charge in [-0.05, 0) is 46.7 Å². The van der Waals surface area contributed by atoms with E-state index in [2.05, 4.69) is 0 Å². The first kappa shape index (κ1) is 20.1. The molecule has 2 N–H and O–H groups in total. The smallest absolute Gasteiger partial charge is 0.255 e. The first-order chi connectivity index (χ1) is 12.4. The highest BCUT2D eigenvalue weighted by Crippen LogP contribution is 2.41. The predicted octanol–water partition coefficient (Wildman–Crippen LogP) is 3.69. The third kappa shape index (κ3) is 3.67. The fraction of sp³-hybridized carbons (Fsp3) is 0.333. The third-order valence-electron chi connectivity index (χ3n) is 4.83. The average molecular weight is 374 g/mol. The van der Waals surface area contributed by atoms with Gasteiger partial charge in [0.25, 0.3) is 5.91 Å². The lowest BCUT2D eigenvalue weighted by Crippen LogP contribution is -2.49. The summed E-state index contributed by atoms with van der Waals surface area (Å²) in [6, 6.07) is 14.7. The lowest BCUT2D eigenvalue weighted by molar-refractivity contribution is -0.148. The van der Waals surface area contributed by atoms with Crippen LogP contribution < -0.4 is 5.73 Å². The molecular formula is C21H24ClNO3. The highest BCUT2D eigenvalue weighted by Gasteiger charge is 2.50. The number of rotatable bonds is 8. The van der Waals surface area contributed by atoms with Crippen LogP contribution in [0.5, 0.6) is 0 Å². The van der Waals surface area contributed by atoms with Crippen LogP contribution in [0, 0.1) is 0 Å². The van der Waals surface area contributed by atoms with Crippen LogP contribution in [0.3, 0.4) is 0 Å². The molecule has 4 nitrogen and oxygen atoms in total. The topological polar surface area (TPSA) is 69.4 Å². The Hall–Kier alpha value is -2.17. The molecule has 0 radical (unpaired) electrons. The molecule has 0 aliphatic rings. The summed E-state index contributed by atoms with van der Waals surface area (Å²) in [5.74, 6) is -1.81. The fourth-order valence-corrected chi connectivity index (χ4v) is 3.53. The van der Waals surface area contributed by atoms with Crippen LogP contribution in [0.15, 0.2) is 48.5 Å². The number of hydrogen-bond donors (Lipinski definition) is 1. The summed E-state index contributed by atoms with van der Waals surface area (Å²) in [5.41, 5.74) is 7.36. The number of carbonyl (C=O) groups excluding carboxylic acids is 2. The number of amides is 1. The highest BCUT2D eigenvalue weighted by molar-refractivity contribution is 6.65. The highest BCUT2D eigenvalue weighted by atomic mass is 35.5. The van der Waals surface area contributed by atoms with E-state index in [0.29, 0.717) is 11.1 Å². The van der Waals surface area contributed by atoms with Gasteiger partial charge < -0.3 is 10.5 Å². The molecule has 0 fully saturated rings. The molecule has 0 aromatic heterocycles. The molecule has 0 aliphatic carbocycles. The van der Waals surface area contributed by atoms with Crippen LogP contribution in [0.4, 0.5) is 0 Å². The van der Waals surface area contributed by atoms with Gasteiger partial charge in [0.05, 0.1) is 0 Å². The largest absolute Gasteiger partial charge is 0.367 e. The van der Waals surface area contributed by atoms with E-state index < -0.39 is 22.7 Å². The van der Waals surface area contributed by atoms with Gasteiger partial charge >= 0.3 is 0 Å². The van der Waals surface area contributed by atoms with E-state index in [4.69, 9.17) is 22.1 Å². The van der Waals surface area contributed by atoms with E-state index in [1.165, 1.54) is 7.11 Å². The van der Waals surface area contributed by atoms with Crippen molar-refractivity contribution in [2.75, 3.05) is 7.11 Å². The van der Waals surface area contributed by atoms with Crippen molar-refractivity contribution in [3.8, 4) is 0 Å². The van der Waals surface area contributed by atoms with E-state index in [1.807, 2.05) is 38.1 Å². The molecule has 26 heavy (non-hydrogen) atoms. The zero-order chi connectivity index (χ0) is 19.3. The van der Waals surface area contributed by atoms with Gasteiger partial charge in [-0.3, -0.25) is 9.59 Å². The monoisotopic (exact) mass is 373 g/mol. The number of aryl methyl sites for hydroxylation is 2. The van der Waals surface area contributed by atoms with Crippen molar-refractivity contribution >= 4 is 22.8 Å². The lowest BCUT2D eigenvalue weighted by Gasteiger charge is -2.35. The Kier molecular flexibility index (Phi) is 6.57. The van der Waals surface area contributed by atoms with Crippen LogP contribution in [-0.4, -0.2) is 18.3 Å². The molecule has 2 atom stereocenters. The standard InChI is InChI=1S/C21H24ClNO3/c1-4-14-6-10-16(11-7-14)18(19(22)24)21(26-3,20(23)25)17-12-8-15(5-2)9-13-17/h6-13,18H,4-5H2,1-3H3,(H2,23,25). The molecule has 0 saturated carbocycles. The summed E-state index contributed by atoms with van der Waals surface area (Å²) in [4.78, 5) is 24.9. The Morgan fingerprint density at radius 1 is 1.00 bits per heavy atom. The summed E-state index contributed by atoms with van der Waals surface area (Å²) in [5, 5.41) is -0.700.